The second-order valence-electron chi connectivity index (χ2n) is 4.90. The van der Waals surface area contributed by atoms with Gasteiger partial charge in [0.15, 0.2) is 5.69 Å². The summed E-state index contributed by atoms with van der Waals surface area (Å²) in [5.41, 5.74) is 2.91. The number of hydrogen-bond acceptors (Lipinski definition) is 4. The van der Waals surface area contributed by atoms with Crippen molar-refractivity contribution in [2.45, 2.75) is 19.8 Å². The Hall–Kier alpha value is -2.96. The van der Waals surface area contributed by atoms with Gasteiger partial charge in [-0.3, -0.25) is 14.5 Å². The highest BCUT2D eigenvalue weighted by Gasteiger charge is 2.11. The number of rotatable bonds is 5. The predicted molar refractivity (Wildman–Crippen MR) is 81.9 cm³/mol. The summed E-state index contributed by atoms with van der Waals surface area (Å²) in [7, 11) is 0. The van der Waals surface area contributed by atoms with E-state index in [9.17, 15) is 4.79 Å². The van der Waals surface area contributed by atoms with Crippen LogP contribution >= 0.6 is 0 Å². The van der Waals surface area contributed by atoms with Gasteiger partial charge in [-0.2, -0.15) is 5.10 Å². The molecule has 2 N–H and O–H groups in total. The van der Waals surface area contributed by atoms with Crippen LogP contribution in [-0.2, 0) is 6.42 Å². The van der Waals surface area contributed by atoms with Crippen molar-refractivity contribution in [1.29, 1.82) is 0 Å². The quantitative estimate of drug-likeness (QED) is 0.755. The van der Waals surface area contributed by atoms with E-state index in [-0.39, 0.29) is 5.91 Å². The first-order chi connectivity index (χ1) is 10.8. The van der Waals surface area contributed by atoms with Crippen LogP contribution in [0.3, 0.4) is 0 Å². The first kappa shape index (κ1) is 14.0. The third-order valence-corrected chi connectivity index (χ3v) is 3.20. The van der Waals surface area contributed by atoms with Crippen molar-refractivity contribution >= 4 is 11.6 Å². The number of benzene rings is 1. The molecule has 0 unspecified atom stereocenters. The van der Waals surface area contributed by atoms with Gasteiger partial charge in [-0.1, -0.05) is 19.4 Å². The van der Waals surface area contributed by atoms with Crippen molar-refractivity contribution in [3.8, 4) is 5.69 Å². The minimum Gasteiger partial charge on any atom is -0.321 e. The molecular formula is C15H16N6O. The SMILES string of the molecule is CCCc1cc(C(=O)Nc2cccc(-n3cnnc3)c2)n[nH]1. The lowest BCUT2D eigenvalue weighted by molar-refractivity contribution is 0.102. The Kier molecular flexibility index (Phi) is 3.95. The van der Waals surface area contributed by atoms with E-state index >= 15 is 0 Å². The van der Waals surface area contributed by atoms with E-state index in [1.807, 2.05) is 24.3 Å². The number of aromatic amines is 1. The van der Waals surface area contributed by atoms with Crippen LogP contribution in [0.25, 0.3) is 5.69 Å². The molecule has 0 aliphatic heterocycles. The molecule has 0 aliphatic carbocycles. The van der Waals surface area contributed by atoms with E-state index in [4.69, 9.17) is 0 Å². The Morgan fingerprint density at radius 3 is 2.86 bits per heavy atom. The third kappa shape index (κ3) is 3.03. The Balaban J connectivity index is 1.75. The van der Waals surface area contributed by atoms with Gasteiger partial charge < -0.3 is 5.32 Å². The summed E-state index contributed by atoms with van der Waals surface area (Å²) in [4.78, 5) is 12.2. The van der Waals surface area contributed by atoms with Crippen LogP contribution in [0, 0.1) is 0 Å². The molecule has 0 radical (unpaired) electrons. The molecule has 0 fully saturated rings. The Bertz CT molecular complexity index is 762. The Labute approximate surface area is 127 Å². The molecule has 0 saturated heterocycles. The van der Waals surface area contributed by atoms with Crippen LogP contribution in [0.1, 0.15) is 29.5 Å². The largest absolute Gasteiger partial charge is 0.321 e. The molecule has 1 amide bonds. The van der Waals surface area contributed by atoms with E-state index in [0.29, 0.717) is 11.4 Å². The highest BCUT2D eigenvalue weighted by Crippen LogP contribution is 2.15. The molecule has 0 spiro atoms. The number of carbonyl (C=O) groups excluding carboxylic acids is 1. The van der Waals surface area contributed by atoms with Crippen molar-refractivity contribution in [2.24, 2.45) is 0 Å². The van der Waals surface area contributed by atoms with E-state index in [2.05, 4.69) is 32.6 Å². The molecule has 0 atom stereocenters. The predicted octanol–water partition coefficient (Wildman–Crippen LogP) is 2.20. The molecule has 112 valence electrons. The third-order valence-electron chi connectivity index (χ3n) is 3.20. The average molecular weight is 296 g/mol. The van der Waals surface area contributed by atoms with Gasteiger partial charge in [0.25, 0.3) is 5.91 Å². The number of carbonyl (C=O) groups is 1. The smallest absolute Gasteiger partial charge is 0.276 e. The molecular weight excluding hydrogens is 280 g/mol. The second kappa shape index (κ2) is 6.21. The highest BCUT2D eigenvalue weighted by molar-refractivity contribution is 6.03. The fourth-order valence-corrected chi connectivity index (χ4v) is 2.15. The molecule has 3 rings (SSSR count). The maximum Gasteiger partial charge on any atom is 0.276 e. The van der Waals surface area contributed by atoms with Crippen LogP contribution < -0.4 is 5.32 Å². The van der Waals surface area contributed by atoms with Crippen molar-refractivity contribution in [1.82, 2.24) is 25.0 Å². The molecule has 0 aliphatic rings. The minimum atomic E-state index is -0.237. The lowest BCUT2D eigenvalue weighted by atomic mass is 10.2. The van der Waals surface area contributed by atoms with Crippen molar-refractivity contribution in [3.05, 3.63) is 54.4 Å². The zero-order valence-electron chi connectivity index (χ0n) is 12.2. The van der Waals surface area contributed by atoms with E-state index in [1.54, 1.807) is 23.3 Å². The van der Waals surface area contributed by atoms with Crippen molar-refractivity contribution in [3.63, 3.8) is 0 Å². The minimum absolute atomic E-state index is 0.237. The summed E-state index contributed by atoms with van der Waals surface area (Å²) in [5, 5.41) is 17.3. The first-order valence-corrected chi connectivity index (χ1v) is 7.07. The van der Waals surface area contributed by atoms with E-state index in [1.165, 1.54) is 0 Å². The number of hydrogen-bond donors (Lipinski definition) is 2. The molecule has 2 heterocycles. The summed E-state index contributed by atoms with van der Waals surface area (Å²) in [6.07, 6.45) is 5.09. The van der Waals surface area contributed by atoms with Crippen LogP contribution in [0.5, 0.6) is 0 Å². The summed E-state index contributed by atoms with van der Waals surface area (Å²) in [5.74, 6) is -0.237. The maximum absolute atomic E-state index is 12.2. The molecule has 2 aromatic heterocycles. The van der Waals surface area contributed by atoms with Gasteiger partial charge in [0.2, 0.25) is 0 Å². The van der Waals surface area contributed by atoms with Gasteiger partial charge in [-0.05, 0) is 30.7 Å². The number of aromatic nitrogens is 5. The molecule has 7 heteroatoms. The summed E-state index contributed by atoms with van der Waals surface area (Å²) >= 11 is 0. The van der Waals surface area contributed by atoms with Crippen LogP contribution in [0.2, 0.25) is 0 Å². The van der Waals surface area contributed by atoms with E-state index < -0.39 is 0 Å². The fraction of sp³-hybridized carbons (Fsp3) is 0.200. The standard InChI is InChI=1S/C15H16N6O/c1-2-4-12-8-14(20-19-12)15(22)18-11-5-3-6-13(7-11)21-9-16-17-10-21/h3,5-10H,2,4H2,1H3,(H,18,22)(H,19,20). The van der Waals surface area contributed by atoms with Gasteiger partial charge in [0, 0.05) is 11.4 Å². The first-order valence-electron chi connectivity index (χ1n) is 7.07. The van der Waals surface area contributed by atoms with Crippen LogP contribution in [0.4, 0.5) is 5.69 Å². The highest BCUT2D eigenvalue weighted by atomic mass is 16.1. The fourth-order valence-electron chi connectivity index (χ4n) is 2.15. The van der Waals surface area contributed by atoms with Crippen molar-refractivity contribution < 1.29 is 4.79 Å². The average Bonchev–Trinajstić information content (AvgIpc) is 3.19. The van der Waals surface area contributed by atoms with Gasteiger partial charge in [0.1, 0.15) is 12.7 Å². The maximum atomic E-state index is 12.2. The summed E-state index contributed by atoms with van der Waals surface area (Å²) < 4.78 is 1.77. The summed E-state index contributed by atoms with van der Waals surface area (Å²) in [6, 6.07) is 9.22. The van der Waals surface area contributed by atoms with Crippen LogP contribution in [0.15, 0.2) is 43.0 Å². The lowest BCUT2D eigenvalue weighted by Crippen LogP contribution is -2.12. The number of H-pyrrole nitrogens is 1. The van der Waals surface area contributed by atoms with Gasteiger partial charge in [-0.15, -0.1) is 10.2 Å². The number of nitrogens with one attached hydrogen (secondary N) is 2. The normalized spacial score (nSPS) is 10.6. The molecule has 7 nitrogen and oxygen atoms in total. The van der Waals surface area contributed by atoms with Gasteiger partial charge >= 0.3 is 0 Å². The summed E-state index contributed by atoms with van der Waals surface area (Å²) in [6.45, 7) is 2.08. The van der Waals surface area contributed by atoms with Gasteiger partial charge in [-0.25, -0.2) is 0 Å². The molecule has 3 aromatic rings. The topological polar surface area (TPSA) is 88.5 Å². The zero-order valence-corrected chi connectivity index (χ0v) is 12.2. The van der Waals surface area contributed by atoms with Crippen LogP contribution in [-0.4, -0.2) is 30.9 Å². The molecule has 1 aromatic carbocycles. The van der Waals surface area contributed by atoms with Crippen molar-refractivity contribution in [2.75, 3.05) is 5.32 Å². The Morgan fingerprint density at radius 2 is 2.09 bits per heavy atom. The van der Waals surface area contributed by atoms with E-state index in [0.717, 1.165) is 24.2 Å². The molecule has 22 heavy (non-hydrogen) atoms. The number of nitrogens with zero attached hydrogens (tertiary/aromatic N) is 4. The Morgan fingerprint density at radius 1 is 1.27 bits per heavy atom. The monoisotopic (exact) mass is 296 g/mol. The number of anilines is 1. The second-order valence-corrected chi connectivity index (χ2v) is 4.90. The lowest BCUT2D eigenvalue weighted by Gasteiger charge is -2.06. The number of aryl methyl sites for hydroxylation is 1. The molecule has 0 bridgehead atoms. The zero-order chi connectivity index (χ0) is 15.4. The van der Waals surface area contributed by atoms with Gasteiger partial charge in [0.05, 0.1) is 5.69 Å². The number of amides is 1. The molecule has 0 saturated carbocycles.